The number of aliphatic carboxylic acids is 1. The highest BCUT2D eigenvalue weighted by atomic mass is 16.6. The first-order valence-electron chi connectivity index (χ1n) is 21.5. The number of hydrogen-bond acceptors (Lipinski definition) is 7. The first-order chi connectivity index (χ1) is 27.6. The zero-order valence-corrected chi connectivity index (χ0v) is 36.2. The smallest absolute Gasteiger partial charge is 0.306 e. The van der Waals surface area contributed by atoms with Gasteiger partial charge in [-0.25, -0.2) is 0 Å². The number of carbonyl (C=O) groups excluding carboxylic acids is 3. The molecule has 0 saturated carbocycles. The molecule has 8 heteroatoms. The van der Waals surface area contributed by atoms with Gasteiger partial charge in [0.15, 0.2) is 6.10 Å². The second kappa shape index (κ2) is 38.8. The van der Waals surface area contributed by atoms with E-state index in [1.807, 2.05) is 66.8 Å². The van der Waals surface area contributed by atoms with Gasteiger partial charge in [0, 0.05) is 19.3 Å². The molecule has 0 amide bonds. The fourth-order valence-corrected chi connectivity index (χ4v) is 5.52. The van der Waals surface area contributed by atoms with Crippen LogP contribution < -0.4 is 5.11 Å². The normalized spacial score (nSPS) is 14.1. The molecule has 0 bridgehead atoms. The lowest BCUT2D eigenvalue weighted by Crippen LogP contribution is -2.55. The van der Waals surface area contributed by atoms with E-state index in [0.717, 1.165) is 89.9 Å². The Kier molecular flexibility index (Phi) is 36.1. The molecule has 0 heterocycles. The van der Waals surface area contributed by atoms with Crippen LogP contribution in [0.1, 0.15) is 129 Å². The summed E-state index contributed by atoms with van der Waals surface area (Å²) < 4.78 is 17.1. The molecule has 0 aliphatic rings. The lowest BCUT2D eigenvalue weighted by Gasteiger charge is -2.34. The Morgan fingerprint density at radius 2 is 0.982 bits per heavy atom. The van der Waals surface area contributed by atoms with Gasteiger partial charge in [0.05, 0.1) is 40.3 Å². The van der Waals surface area contributed by atoms with Gasteiger partial charge in [-0.15, -0.1) is 0 Å². The van der Waals surface area contributed by atoms with Crippen molar-refractivity contribution >= 4 is 17.9 Å². The van der Waals surface area contributed by atoms with Gasteiger partial charge in [0.1, 0.15) is 12.6 Å². The lowest BCUT2D eigenvalue weighted by molar-refractivity contribution is -0.889. The third-order valence-electron chi connectivity index (χ3n) is 8.85. The van der Waals surface area contributed by atoms with Crippen molar-refractivity contribution < 1.29 is 38.2 Å². The van der Waals surface area contributed by atoms with E-state index in [4.69, 9.17) is 14.2 Å². The van der Waals surface area contributed by atoms with Crippen LogP contribution in [0.15, 0.2) is 109 Å². The summed E-state index contributed by atoms with van der Waals surface area (Å²) in [4.78, 5) is 36.8. The van der Waals surface area contributed by atoms with Crippen LogP contribution in [0.2, 0.25) is 0 Å². The molecule has 8 nitrogen and oxygen atoms in total. The van der Waals surface area contributed by atoms with Gasteiger partial charge < -0.3 is 28.6 Å². The molecule has 0 N–H and O–H groups in total. The molecular formula is C49H77NO7. The van der Waals surface area contributed by atoms with Crippen LogP contribution in [0.5, 0.6) is 0 Å². The summed E-state index contributed by atoms with van der Waals surface area (Å²) in [6.07, 6.45) is 52.4. The van der Waals surface area contributed by atoms with Gasteiger partial charge in [-0.3, -0.25) is 9.59 Å². The monoisotopic (exact) mass is 792 g/mol. The molecular weight excluding hydrogens is 715 g/mol. The quantitative estimate of drug-likeness (QED) is 0.0269. The van der Waals surface area contributed by atoms with Gasteiger partial charge >= 0.3 is 11.9 Å². The molecule has 2 atom stereocenters. The van der Waals surface area contributed by atoms with E-state index in [2.05, 4.69) is 56.4 Å². The number of ether oxygens (including phenoxy) is 3. The maximum atomic E-state index is 12.7. The Hall–Kier alpha value is -4.01. The molecule has 0 aliphatic heterocycles. The van der Waals surface area contributed by atoms with Gasteiger partial charge in [-0.05, 0) is 51.4 Å². The summed E-state index contributed by atoms with van der Waals surface area (Å²) in [5.41, 5.74) is 0. The molecule has 0 aliphatic carbocycles. The summed E-state index contributed by atoms with van der Waals surface area (Å²) in [7, 11) is 5.37. The molecule has 0 aromatic rings. The first kappa shape index (κ1) is 53.0. The van der Waals surface area contributed by atoms with E-state index >= 15 is 0 Å². The molecule has 0 spiro atoms. The average molecular weight is 792 g/mol. The van der Waals surface area contributed by atoms with E-state index in [1.165, 1.54) is 6.42 Å². The maximum Gasteiger partial charge on any atom is 0.306 e. The Labute approximate surface area is 347 Å². The fraction of sp³-hybridized carbons (Fsp3) is 0.571. The maximum absolute atomic E-state index is 12.7. The summed E-state index contributed by atoms with van der Waals surface area (Å²) >= 11 is 0. The molecule has 57 heavy (non-hydrogen) atoms. The number of hydrogen-bond donors (Lipinski definition) is 0. The van der Waals surface area contributed by atoms with Crippen LogP contribution in [0.3, 0.4) is 0 Å². The van der Waals surface area contributed by atoms with Crippen molar-refractivity contribution in [2.75, 3.05) is 41.0 Å². The Bertz CT molecular complexity index is 1290. The summed E-state index contributed by atoms with van der Waals surface area (Å²) in [6, 6.07) is -0.742. The van der Waals surface area contributed by atoms with Gasteiger partial charge in [0.25, 0.3) is 0 Å². The van der Waals surface area contributed by atoms with E-state index in [1.54, 1.807) is 21.1 Å². The number of nitrogens with zero attached hydrogens (tertiary/aromatic N) is 1. The molecule has 0 rings (SSSR count). The van der Waals surface area contributed by atoms with Crippen molar-refractivity contribution in [2.24, 2.45) is 0 Å². The third-order valence-corrected chi connectivity index (χ3v) is 8.85. The fourth-order valence-electron chi connectivity index (χ4n) is 5.52. The second-order valence-electron chi connectivity index (χ2n) is 15.1. The highest BCUT2D eigenvalue weighted by molar-refractivity contribution is 5.70. The van der Waals surface area contributed by atoms with Crippen LogP contribution in [-0.2, 0) is 28.6 Å². The average Bonchev–Trinajstić information content (AvgIpc) is 3.17. The van der Waals surface area contributed by atoms with Crippen LogP contribution in [-0.4, -0.2) is 75.5 Å². The topological polar surface area (TPSA) is 102 Å². The van der Waals surface area contributed by atoms with Gasteiger partial charge in [-0.1, -0.05) is 168 Å². The van der Waals surface area contributed by atoms with Crippen molar-refractivity contribution in [3.8, 4) is 0 Å². The Morgan fingerprint density at radius 1 is 0.544 bits per heavy atom. The number of likely N-dealkylation sites (N-methyl/N-ethyl adjacent to an activating group) is 1. The second-order valence-corrected chi connectivity index (χ2v) is 15.1. The number of quaternary nitrogens is 1. The van der Waals surface area contributed by atoms with E-state index in [9.17, 15) is 19.5 Å². The number of carboxylic acid groups (broad SMARTS) is 1. The van der Waals surface area contributed by atoms with Crippen LogP contribution >= 0.6 is 0 Å². The largest absolute Gasteiger partial charge is 0.544 e. The zero-order chi connectivity index (χ0) is 42.1. The predicted molar refractivity (Wildman–Crippen MR) is 235 cm³/mol. The van der Waals surface area contributed by atoms with Crippen LogP contribution in [0.4, 0.5) is 0 Å². The van der Waals surface area contributed by atoms with Crippen molar-refractivity contribution in [3.63, 3.8) is 0 Å². The van der Waals surface area contributed by atoms with E-state index in [0.29, 0.717) is 6.42 Å². The number of carbonyl (C=O) groups is 3. The molecule has 0 aromatic heterocycles. The number of carboxylic acids is 1. The SMILES string of the molecule is CC/C=C/C=C/C=C/C=C/CCCCCCCC(=O)OC(COCCC(C(=O)[O-])[N+](C)(C)C)COC(=O)CCCCCCC/C=C/C=C/C=C/C=C/C=C/CCC. The van der Waals surface area contributed by atoms with E-state index in [-0.39, 0.29) is 49.1 Å². The molecule has 320 valence electrons. The van der Waals surface area contributed by atoms with Crippen molar-refractivity contribution in [1.29, 1.82) is 0 Å². The van der Waals surface area contributed by atoms with Crippen LogP contribution in [0, 0.1) is 0 Å². The number of unbranched alkanes of at least 4 members (excludes halogenated alkanes) is 11. The van der Waals surface area contributed by atoms with Crippen molar-refractivity contribution in [1.82, 2.24) is 0 Å². The van der Waals surface area contributed by atoms with Gasteiger partial charge in [0.2, 0.25) is 0 Å². The predicted octanol–water partition coefficient (Wildman–Crippen LogP) is 10.4. The van der Waals surface area contributed by atoms with E-state index < -0.39 is 18.1 Å². The number of rotatable bonds is 36. The minimum Gasteiger partial charge on any atom is -0.544 e. The summed E-state index contributed by atoms with van der Waals surface area (Å²) in [6.45, 7) is 4.35. The molecule has 0 aromatic carbocycles. The minimum atomic E-state index is -1.14. The highest BCUT2D eigenvalue weighted by Gasteiger charge is 2.25. The standard InChI is InChI=1S/C49H77NO7/c1-6-8-10-12-14-16-18-20-22-23-24-26-27-29-31-33-35-37-39-47(51)56-44-45(43-55-42-41-46(49(53)54)50(3,4)5)57-48(52)40-38-36-34-32-30-28-25-21-19-17-15-13-11-9-7-2/h9-26,45-46H,6-8,27-44H2,1-5H3/b11-9+,12-10+,15-13+,16-14+,19-17+,20-18+,23-22+,25-21+,26-24+. The number of esters is 2. The van der Waals surface area contributed by atoms with Crippen molar-refractivity contribution in [2.45, 2.75) is 142 Å². The highest BCUT2D eigenvalue weighted by Crippen LogP contribution is 2.12. The third kappa shape index (κ3) is 37.3. The Balaban J connectivity index is 4.48. The number of allylic oxidation sites excluding steroid dienone is 18. The Morgan fingerprint density at radius 3 is 1.46 bits per heavy atom. The van der Waals surface area contributed by atoms with Crippen molar-refractivity contribution in [3.05, 3.63) is 109 Å². The summed E-state index contributed by atoms with van der Waals surface area (Å²) in [5.74, 6) is -1.82. The molecule has 0 saturated heterocycles. The molecule has 2 unspecified atom stereocenters. The zero-order valence-electron chi connectivity index (χ0n) is 36.2. The minimum absolute atomic E-state index is 0.0140. The lowest BCUT2D eigenvalue weighted by atomic mass is 10.1. The molecule has 0 fully saturated rings. The van der Waals surface area contributed by atoms with Gasteiger partial charge in [-0.2, -0.15) is 0 Å². The summed E-state index contributed by atoms with van der Waals surface area (Å²) in [5, 5.41) is 11.6. The molecule has 0 radical (unpaired) electrons. The first-order valence-corrected chi connectivity index (χ1v) is 21.5. The van der Waals surface area contributed by atoms with Crippen LogP contribution in [0.25, 0.3) is 0 Å².